The van der Waals surface area contributed by atoms with Gasteiger partial charge in [0.15, 0.2) is 5.82 Å². The summed E-state index contributed by atoms with van der Waals surface area (Å²) in [6.45, 7) is 1.96. The lowest BCUT2D eigenvalue weighted by atomic mass is 10.1. The average Bonchev–Trinajstić information content (AvgIpc) is 3.09. The summed E-state index contributed by atoms with van der Waals surface area (Å²) < 4.78 is 46.9. The van der Waals surface area contributed by atoms with Crippen molar-refractivity contribution in [2.75, 3.05) is 29.8 Å². The number of methoxy groups -OCH3 is 1. The zero-order chi connectivity index (χ0) is 22.6. The van der Waals surface area contributed by atoms with E-state index in [1.54, 1.807) is 18.2 Å². The van der Waals surface area contributed by atoms with Gasteiger partial charge >= 0.3 is 0 Å². The molecule has 0 atom stereocenters. The van der Waals surface area contributed by atoms with Crippen molar-refractivity contribution in [2.24, 2.45) is 0 Å². The van der Waals surface area contributed by atoms with Crippen LogP contribution in [0.3, 0.4) is 0 Å². The third-order valence-corrected chi connectivity index (χ3v) is 6.81. The number of ether oxygens (including phenoxy) is 1. The molecular formula is C23H25FN4O3S. The monoisotopic (exact) mass is 456 g/mol. The molecular weight excluding hydrogens is 431 g/mol. The summed E-state index contributed by atoms with van der Waals surface area (Å²) in [7, 11) is -2.73. The molecule has 0 amide bonds. The Morgan fingerprint density at radius 1 is 0.969 bits per heavy atom. The molecule has 1 fully saturated rings. The molecule has 0 bridgehead atoms. The number of rotatable bonds is 6. The van der Waals surface area contributed by atoms with E-state index in [1.165, 1.54) is 26.0 Å². The second-order valence-corrected chi connectivity index (χ2v) is 9.31. The highest BCUT2D eigenvalue weighted by Gasteiger charge is 2.21. The van der Waals surface area contributed by atoms with E-state index in [0.717, 1.165) is 43.9 Å². The third kappa shape index (κ3) is 4.99. The first kappa shape index (κ1) is 22.0. The van der Waals surface area contributed by atoms with Crippen LogP contribution in [0.5, 0.6) is 5.75 Å². The van der Waals surface area contributed by atoms with Crippen LogP contribution in [-0.2, 0) is 10.0 Å². The molecule has 1 aromatic heterocycles. The molecule has 3 aromatic rings. The molecule has 1 N–H and O–H groups in total. The van der Waals surface area contributed by atoms with Gasteiger partial charge in [-0.3, -0.25) is 4.72 Å². The van der Waals surface area contributed by atoms with Crippen LogP contribution >= 0.6 is 0 Å². The molecule has 168 valence electrons. The number of sulfonamides is 1. The molecule has 4 rings (SSSR count). The number of benzene rings is 2. The van der Waals surface area contributed by atoms with Gasteiger partial charge in [0.05, 0.1) is 12.8 Å². The van der Waals surface area contributed by atoms with Crippen LogP contribution in [-0.4, -0.2) is 38.8 Å². The Morgan fingerprint density at radius 3 is 2.44 bits per heavy atom. The van der Waals surface area contributed by atoms with Crippen LogP contribution in [0.4, 0.5) is 15.9 Å². The molecule has 2 aromatic carbocycles. The zero-order valence-corrected chi connectivity index (χ0v) is 18.6. The Hall–Kier alpha value is -3.20. The maximum absolute atomic E-state index is 13.7. The van der Waals surface area contributed by atoms with Crippen LogP contribution in [0.25, 0.3) is 11.3 Å². The van der Waals surface area contributed by atoms with Gasteiger partial charge in [-0.2, -0.15) is 0 Å². The van der Waals surface area contributed by atoms with Crippen molar-refractivity contribution in [3.63, 3.8) is 0 Å². The quantitative estimate of drug-likeness (QED) is 0.589. The highest BCUT2D eigenvalue weighted by Crippen LogP contribution is 2.28. The molecule has 0 radical (unpaired) electrons. The molecule has 9 heteroatoms. The van der Waals surface area contributed by atoms with Crippen molar-refractivity contribution in [3.05, 3.63) is 60.4 Å². The van der Waals surface area contributed by atoms with Gasteiger partial charge in [-0.25, -0.2) is 12.8 Å². The molecule has 1 aliphatic heterocycles. The van der Waals surface area contributed by atoms with E-state index in [4.69, 9.17) is 4.74 Å². The summed E-state index contributed by atoms with van der Waals surface area (Å²) in [5, 5.41) is 8.73. The average molecular weight is 457 g/mol. The lowest BCUT2D eigenvalue weighted by Crippen LogP contribution is -2.25. The minimum absolute atomic E-state index is 0.0602. The first-order valence-electron chi connectivity index (χ1n) is 10.5. The fourth-order valence-electron chi connectivity index (χ4n) is 3.76. The van der Waals surface area contributed by atoms with Gasteiger partial charge in [-0.1, -0.05) is 25.0 Å². The SMILES string of the molecule is COc1ccc(F)cc1S(=O)(=O)Nc1cccc(-c2ccc(N3CCCCCC3)nn2)c1. The Kier molecular flexibility index (Phi) is 6.55. The minimum atomic E-state index is -4.06. The third-order valence-electron chi connectivity index (χ3n) is 5.41. The maximum Gasteiger partial charge on any atom is 0.265 e. The Bertz CT molecular complexity index is 1180. The molecule has 7 nitrogen and oxygen atoms in total. The number of nitrogens with zero attached hydrogens (tertiary/aromatic N) is 3. The zero-order valence-electron chi connectivity index (χ0n) is 17.8. The number of hydrogen-bond acceptors (Lipinski definition) is 6. The molecule has 1 aliphatic rings. The Labute approximate surface area is 187 Å². The topological polar surface area (TPSA) is 84.4 Å². The fourth-order valence-corrected chi connectivity index (χ4v) is 4.99. The standard InChI is InChI=1S/C23H25FN4O3S/c1-31-21-11-9-18(24)16-22(21)32(29,30)27-19-8-6-7-17(15-19)20-10-12-23(26-25-20)28-13-4-2-3-5-14-28/h6-12,15-16,27H,2-5,13-14H2,1H3. The summed E-state index contributed by atoms with van der Waals surface area (Å²) in [5.41, 5.74) is 1.67. The number of anilines is 2. The summed E-state index contributed by atoms with van der Waals surface area (Å²) >= 11 is 0. The smallest absolute Gasteiger partial charge is 0.265 e. The molecule has 0 saturated carbocycles. The highest BCUT2D eigenvalue weighted by molar-refractivity contribution is 7.92. The summed E-state index contributed by atoms with van der Waals surface area (Å²) in [4.78, 5) is 1.98. The van der Waals surface area contributed by atoms with E-state index in [2.05, 4.69) is 19.8 Å². The van der Waals surface area contributed by atoms with E-state index in [1.807, 2.05) is 18.2 Å². The van der Waals surface area contributed by atoms with Crippen LogP contribution < -0.4 is 14.4 Å². The van der Waals surface area contributed by atoms with Gasteiger partial charge < -0.3 is 9.64 Å². The van der Waals surface area contributed by atoms with Crippen molar-refractivity contribution in [1.82, 2.24) is 10.2 Å². The van der Waals surface area contributed by atoms with Gasteiger partial charge in [-0.15, -0.1) is 10.2 Å². The van der Waals surface area contributed by atoms with Crippen molar-refractivity contribution >= 4 is 21.5 Å². The van der Waals surface area contributed by atoms with Gasteiger partial charge in [0.1, 0.15) is 16.5 Å². The van der Waals surface area contributed by atoms with Crippen LogP contribution in [0.2, 0.25) is 0 Å². The van der Waals surface area contributed by atoms with E-state index in [0.29, 0.717) is 16.9 Å². The van der Waals surface area contributed by atoms with Crippen LogP contribution in [0, 0.1) is 5.82 Å². The lowest BCUT2D eigenvalue weighted by Gasteiger charge is -2.20. The number of halogens is 1. The van der Waals surface area contributed by atoms with Crippen molar-refractivity contribution in [1.29, 1.82) is 0 Å². The van der Waals surface area contributed by atoms with E-state index >= 15 is 0 Å². The lowest BCUT2D eigenvalue weighted by molar-refractivity contribution is 0.401. The number of hydrogen-bond donors (Lipinski definition) is 1. The van der Waals surface area contributed by atoms with Gasteiger partial charge in [0.25, 0.3) is 10.0 Å². The predicted molar refractivity (Wildman–Crippen MR) is 122 cm³/mol. The summed E-state index contributed by atoms with van der Waals surface area (Å²) in [6, 6.07) is 14.0. The first-order chi connectivity index (χ1) is 15.5. The molecule has 0 spiro atoms. The first-order valence-corrected chi connectivity index (χ1v) is 12.0. The predicted octanol–water partition coefficient (Wildman–Crippen LogP) is 4.47. The van der Waals surface area contributed by atoms with E-state index < -0.39 is 15.8 Å². The highest BCUT2D eigenvalue weighted by atomic mass is 32.2. The summed E-state index contributed by atoms with van der Waals surface area (Å²) in [5.74, 6) is 0.246. The Morgan fingerprint density at radius 2 is 1.75 bits per heavy atom. The molecule has 2 heterocycles. The fraction of sp³-hybridized carbons (Fsp3) is 0.304. The second kappa shape index (κ2) is 9.52. The Balaban J connectivity index is 1.55. The van der Waals surface area contributed by atoms with Gasteiger partial charge in [0, 0.05) is 24.3 Å². The van der Waals surface area contributed by atoms with E-state index in [9.17, 15) is 12.8 Å². The largest absolute Gasteiger partial charge is 0.495 e. The second-order valence-electron chi connectivity index (χ2n) is 7.66. The molecule has 0 unspecified atom stereocenters. The molecule has 0 aliphatic carbocycles. The van der Waals surface area contributed by atoms with Gasteiger partial charge in [-0.05, 0) is 55.3 Å². The summed E-state index contributed by atoms with van der Waals surface area (Å²) in [6.07, 6.45) is 4.79. The van der Waals surface area contributed by atoms with E-state index in [-0.39, 0.29) is 10.6 Å². The van der Waals surface area contributed by atoms with Gasteiger partial charge in [0.2, 0.25) is 0 Å². The normalized spacial score (nSPS) is 14.6. The molecule has 32 heavy (non-hydrogen) atoms. The van der Waals surface area contributed by atoms with Crippen molar-refractivity contribution in [3.8, 4) is 17.0 Å². The number of aromatic nitrogens is 2. The van der Waals surface area contributed by atoms with Crippen LogP contribution in [0.1, 0.15) is 25.7 Å². The maximum atomic E-state index is 13.7. The van der Waals surface area contributed by atoms with Crippen molar-refractivity contribution in [2.45, 2.75) is 30.6 Å². The van der Waals surface area contributed by atoms with Crippen molar-refractivity contribution < 1.29 is 17.5 Å². The van der Waals surface area contributed by atoms with Crippen LogP contribution in [0.15, 0.2) is 59.5 Å². The minimum Gasteiger partial charge on any atom is -0.495 e. The molecule has 1 saturated heterocycles. The number of nitrogens with one attached hydrogen (secondary N) is 1.